The third-order valence-electron chi connectivity index (χ3n) is 7.16. The minimum atomic E-state index is 0.329. The zero-order valence-electron chi connectivity index (χ0n) is 22.7. The van der Waals surface area contributed by atoms with Crippen molar-refractivity contribution in [3.8, 4) is 0 Å². The molecule has 0 rings (SSSR count). The van der Waals surface area contributed by atoms with Crippen LogP contribution in [-0.4, -0.2) is 36.2 Å². The molecule has 0 heterocycles. The molecule has 2 heteroatoms. The van der Waals surface area contributed by atoms with Gasteiger partial charge in [-0.15, -0.1) is 0 Å². The molecule has 0 atom stereocenters. The van der Waals surface area contributed by atoms with Crippen LogP contribution in [0.25, 0.3) is 0 Å². The summed E-state index contributed by atoms with van der Waals surface area (Å²) in [5.41, 5.74) is 0. The Hall–Kier alpha value is -0.0800. The molecule has 0 saturated heterocycles. The summed E-state index contributed by atoms with van der Waals surface area (Å²) >= 11 is 0. The molecule has 0 spiro atoms. The topological polar surface area (TPSA) is 23.5 Å². The standard InChI is InChI=1S/C30H63NO/c1-3-5-6-7-8-9-10-11-12-13-14-15-16-17-18-19-20-21-22-23-24-25-26-28-31(4-2)29-27-30-32/h32H,3-30H2,1-2H3. The molecule has 0 aliphatic heterocycles. The van der Waals surface area contributed by atoms with Gasteiger partial charge < -0.3 is 10.0 Å². The second-order valence-corrected chi connectivity index (χ2v) is 10.3. The lowest BCUT2D eigenvalue weighted by Gasteiger charge is -2.19. The van der Waals surface area contributed by atoms with E-state index < -0.39 is 0 Å². The van der Waals surface area contributed by atoms with E-state index in [4.69, 9.17) is 5.11 Å². The molecule has 0 saturated carbocycles. The van der Waals surface area contributed by atoms with Gasteiger partial charge in [0.05, 0.1) is 0 Å². The Morgan fingerprint density at radius 3 is 0.938 bits per heavy atom. The Bertz CT molecular complexity index is 320. The summed E-state index contributed by atoms with van der Waals surface area (Å²) in [5, 5.41) is 8.94. The number of unbranched alkanes of at least 4 members (excludes halogenated alkanes) is 22. The fourth-order valence-corrected chi connectivity index (χ4v) is 4.84. The van der Waals surface area contributed by atoms with E-state index in [0.29, 0.717) is 6.61 Å². The summed E-state index contributed by atoms with van der Waals surface area (Å²) in [4.78, 5) is 2.48. The molecule has 0 bridgehead atoms. The van der Waals surface area contributed by atoms with E-state index in [1.807, 2.05) is 0 Å². The zero-order valence-corrected chi connectivity index (χ0v) is 22.7. The van der Waals surface area contributed by atoms with E-state index in [0.717, 1.165) is 19.5 Å². The molecule has 0 aromatic carbocycles. The van der Waals surface area contributed by atoms with Crippen molar-refractivity contribution in [2.45, 2.75) is 168 Å². The van der Waals surface area contributed by atoms with Crippen molar-refractivity contribution in [2.24, 2.45) is 0 Å². The molecular weight excluding hydrogens is 390 g/mol. The fourth-order valence-electron chi connectivity index (χ4n) is 4.84. The average Bonchev–Trinajstić information content (AvgIpc) is 2.81. The number of hydrogen-bond donors (Lipinski definition) is 1. The van der Waals surface area contributed by atoms with Crippen molar-refractivity contribution >= 4 is 0 Å². The van der Waals surface area contributed by atoms with Gasteiger partial charge in [-0.1, -0.05) is 155 Å². The SMILES string of the molecule is CCCCCCCCCCCCCCCCCCCCCCCCCN(CC)CCCO. The molecule has 2 nitrogen and oxygen atoms in total. The van der Waals surface area contributed by atoms with Gasteiger partial charge >= 0.3 is 0 Å². The molecule has 194 valence electrons. The van der Waals surface area contributed by atoms with Gasteiger partial charge in [-0.3, -0.25) is 0 Å². The van der Waals surface area contributed by atoms with Crippen molar-refractivity contribution in [3.63, 3.8) is 0 Å². The third kappa shape index (κ3) is 26.2. The molecule has 0 aromatic rings. The summed E-state index contributed by atoms with van der Waals surface area (Å²) in [6, 6.07) is 0. The van der Waals surface area contributed by atoms with Crippen LogP contribution in [0.3, 0.4) is 0 Å². The molecule has 0 amide bonds. The zero-order chi connectivity index (χ0) is 23.4. The highest BCUT2D eigenvalue weighted by Gasteiger charge is 2.01. The van der Waals surface area contributed by atoms with E-state index in [1.54, 1.807) is 0 Å². The summed E-state index contributed by atoms with van der Waals surface area (Å²) in [6.45, 7) is 8.27. The number of rotatable bonds is 28. The van der Waals surface area contributed by atoms with Crippen LogP contribution in [0.2, 0.25) is 0 Å². The van der Waals surface area contributed by atoms with Crippen LogP contribution in [-0.2, 0) is 0 Å². The lowest BCUT2D eigenvalue weighted by Crippen LogP contribution is -2.26. The first-order chi connectivity index (χ1) is 15.8. The summed E-state index contributed by atoms with van der Waals surface area (Å²) in [6.07, 6.45) is 34.3. The van der Waals surface area contributed by atoms with E-state index in [9.17, 15) is 0 Å². The highest BCUT2D eigenvalue weighted by Crippen LogP contribution is 2.15. The highest BCUT2D eigenvalue weighted by atomic mass is 16.3. The molecule has 0 radical (unpaired) electrons. The van der Waals surface area contributed by atoms with Crippen LogP contribution in [0.15, 0.2) is 0 Å². The lowest BCUT2D eigenvalue weighted by molar-refractivity contribution is 0.227. The summed E-state index contributed by atoms with van der Waals surface area (Å²) in [5.74, 6) is 0. The van der Waals surface area contributed by atoms with Crippen LogP contribution < -0.4 is 0 Å². The Labute approximate surface area is 204 Å². The van der Waals surface area contributed by atoms with Gasteiger partial charge in [-0.25, -0.2) is 0 Å². The maximum Gasteiger partial charge on any atom is 0.0443 e. The number of aliphatic hydroxyl groups is 1. The largest absolute Gasteiger partial charge is 0.396 e. The highest BCUT2D eigenvalue weighted by molar-refractivity contribution is 4.56. The molecule has 0 aliphatic rings. The Kier molecular flexibility index (Phi) is 28.9. The first-order valence-corrected chi connectivity index (χ1v) is 15.2. The van der Waals surface area contributed by atoms with Gasteiger partial charge in [0.25, 0.3) is 0 Å². The van der Waals surface area contributed by atoms with Crippen LogP contribution in [0.1, 0.15) is 168 Å². The van der Waals surface area contributed by atoms with Gasteiger partial charge in [0, 0.05) is 13.2 Å². The molecule has 0 unspecified atom stereocenters. The number of aliphatic hydroxyl groups excluding tert-OH is 1. The Morgan fingerprint density at radius 2 is 0.656 bits per heavy atom. The van der Waals surface area contributed by atoms with Crippen LogP contribution >= 0.6 is 0 Å². The number of nitrogens with zero attached hydrogens (tertiary/aromatic N) is 1. The minimum Gasteiger partial charge on any atom is -0.396 e. The van der Waals surface area contributed by atoms with E-state index >= 15 is 0 Å². The number of hydrogen-bond acceptors (Lipinski definition) is 2. The monoisotopic (exact) mass is 453 g/mol. The van der Waals surface area contributed by atoms with Crippen molar-refractivity contribution < 1.29 is 5.11 Å². The van der Waals surface area contributed by atoms with Crippen LogP contribution in [0.5, 0.6) is 0 Å². The molecule has 1 N–H and O–H groups in total. The normalized spacial score (nSPS) is 11.6. The van der Waals surface area contributed by atoms with Crippen LogP contribution in [0, 0.1) is 0 Å². The average molecular weight is 454 g/mol. The van der Waals surface area contributed by atoms with Gasteiger partial charge in [-0.05, 0) is 25.9 Å². The second-order valence-electron chi connectivity index (χ2n) is 10.3. The predicted octanol–water partition coefficient (Wildman–Crippen LogP) is 9.68. The maximum atomic E-state index is 8.94. The molecular formula is C30H63NO. The summed E-state index contributed by atoms with van der Waals surface area (Å²) < 4.78 is 0. The molecule has 0 aromatic heterocycles. The van der Waals surface area contributed by atoms with Gasteiger partial charge in [0.15, 0.2) is 0 Å². The Morgan fingerprint density at radius 1 is 0.375 bits per heavy atom. The molecule has 32 heavy (non-hydrogen) atoms. The smallest absolute Gasteiger partial charge is 0.0443 e. The minimum absolute atomic E-state index is 0.329. The quantitative estimate of drug-likeness (QED) is 0.119. The Balaban J connectivity index is 3.09. The van der Waals surface area contributed by atoms with Crippen LogP contribution in [0.4, 0.5) is 0 Å². The maximum absolute atomic E-state index is 8.94. The van der Waals surface area contributed by atoms with E-state index in [1.165, 1.54) is 154 Å². The van der Waals surface area contributed by atoms with Gasteiger partial charge in [0.2, 0.25) is 0 Å². The van der Waals surface area contributed by atoms with E-state index in [-0.39, 0.29) is 0 Å². The predicted molar refractivity (Wildman–Crippen MR) is 146 cm³/mol. The third-order valence-corrected chi connectivity index (χ3v) is 7.16. The lowest BCUT2D eigenvalue weighted by atomic mass is 10.0. The van der Waals surface area contributed by atoms with Crippen molar-refractivity contribution in [1.29, 1.82) is 0 Å². The first kappa shape index (κ1) is 31.9. The second kappa shape index (κ2) is 29.0. The van der Waals surface area contributed by atoms with E-state index in [2.05, 4.69) is 18.7 Å². The van der Waals surface area contributed by atoms with Crippen molar-refractivity contribution in [1.82, 2.24) is 4.90 Å². The molecule has 0 aliphatic carbocycles. The molecule has 0 fully saturated rings. The first-order valence-electron chi connectivity index (χ1n) is 15.2. The summed E-state index contributed by atoms with van der Waals surface area (Å²) in [7, 11) is 0. The fraction of sp³-hybridized carbons (Fsp3) is 1.00. The van der Waals surface area contributed by atoms with Gasteiger partial charge in [0.1, 0.15) is 0 Å². The van der Waals surface area contributed by atoms with Crippen molar-refractivity contribution in [2.75, 3.05) is 26.2 Å². The van der Waals surface area contributed by atoms with Crippen molar-refractivity contribution in [3.05, 3.63) is 0 Å². The van der Waals surface area contributed by atoms with Gasteiger partial charge in [-0.2, -0.15) is 0 Å².